The Morgan fingerprint density at radius 3 is 0.705 bits per heavy atom. The number of ether oxygens (including phenoxy) is 3. The molecule has 0 amide bonds. The van der Waals surface area contributed by atoms with Crippen LogP contribution in [0.15, 0.2) is 24.3 Å². The Morgan fingerprint density at radius 1 is 0.256 bits per heavy atom. The van der Waals surface area contributed by atoms with Crippen LogP contribution in [-0.4, -0.2) is 37.2 Å². The fourth-order valence-electron chi connectivity index (χ4n) is 10.9. The number of carbonyl (C=O) groups is 3. The number of rotatable bonds is 66. The van der Waals surface area contributed by atoms with Crippen LogP contribution in [0.5, 0.6) is 0 Å². The summed E-state index contributed by atoms with van der Waals surface area (Å²) in [4.78, 5) is 38.0. The van der Waals surface area contributed by atoms with Crippen LogP contribution in [0.25, 0.3) is 0 Å². The molecule has 78 heavy (non-hydrogen) atoms. The zero-order valence-corrected chi connectivity index (χ0v) is 53.0. The SMILES string of the molecule is CCCCCCC/C=C\C/C=C\CCCCCCCCCCCC(=O)OC(COC(=O)CCCCCCC)COC(=O)CCCCCCCCCCCCCCCCCCCCCCCCCCCCCCCCCCCC. The monoisotopic (exact) mass is 1100 g/mol. The molecule has 0 aromatic heterocycles. The van der Waals surface area contributed by atoms with Crippen molar-refractivity contribution in [1.29, 1.82) is 0 Å². The van der Waals surface area contributed by atoms with Gasteiger partial charge in [-0.3, -0.25) is 14.4 Å². The molecule has 0 saturated heterocycles. The molecule has 6 nitrogen and oxygen atoms in total. The molecule has 6 heteroatoms. The van der Waals surface area contributed by atoms with Crippen LogP contribution < -0.4 is 0 Å². The summed E-state index contributed by atoms with van der Waals surface area (Å²) in [6.07, 6.45) is 82.8. The zero-order chi connectivity index (χ0) is 56.4. The number of hydrogen-bond donors (Lipinski definition) is 0. The third-order valence-electron chi connectivity index (χ3n) is 16.2. The number of esters is 3. The Hall–Kier alpha value is -2.11. The highest BCUT2D eigenvalue weighted by atomic mass is 16.6. The maximum atomic E-state index is 12.8. The Kier molecular flexibility index (Phi) is 65.6. The topological polar surface area (TPSA) is 78.9 Å². The molecular formula is C72H136O6. The lowest BCUT2D eigenvalue weighted by Crippen LogP contribution is -2.30. The van der Waals surface area contributed by atoms with E-state index in [0.717, 1.165) is 70.6 Å². The lowest BCUT2D eigenvalue weighted by atomic mass is 10.0. The first kappa shape index (κ1) is 75.9. The molecule has 0 aliphatic rings. The molecule has 0 radical (unpaired) electrons. The molecule has 0 heterocycles. The van der Waals surface area contributed by atoms with E-state index in [1.54, 1.807) is 0 Å². The molecule has 460 valence electrons. The van der Waals surface area contributed by atoms with Crippen molar-refractivity contribution < 1.29 is 28.6 Å². The second-order valence-electron chi connectivity index (χ2n) is 24.2. The van der Waals surface area contributed by atoms with E-state index in [4.69, 9.17) is 14.2 Å². The van der Waals surface area contributed by atoms with E-state index in [-0.39, 0.29) is 31.1 Å². The standard InChI is InChI=1S/C72H136O6/c1-4-7-10-13-15-17-19-21-23-25-27-29-30-31-32-33-34-35-36-37-38-39-40-41-43-44-46-48-50-52-54-56-59-62-65-71(74)77-68-69(67-76-70(73)64-61-58-12-9-6-3)78-72(75)66-63-60-57-55-53-51-49-47-45-42-28-26-24-22-20-18-16-14-11-8-5-2/h20,22,26,28,69H,4-19,21,23-25,27,29-68H2,1-3H3/b22-20-,28-26-. The van der Waals surface area contributed by atoms with E-state index in [0.29, 0.717) is 19.3 Å². The van der Waals surface area contributed by atoms with E-state index < -0.39 is 6.10 Å². The summed E-state index contributed by atoms with van der Waals surface area (Å²) in [6, 6.07) is 0. The van der Waals surface area contributed by atoms with Gasteiger partial charge >= 0.3 is 17.9 Å². The minimum atomic E-state index is -0.768. The third kappa shape index (κ3) is 64.7. The Bertz CT molecular complexity index is 1260. The predicted octanol–water partition coefficient (Wildman–Crippen LogP) is 24.2. The summed E-state index contributed by atoms with van der Waals surface area (Å²) in [6.45, 7) is 6.61. The molecule has 0 aliphatic carbocycles. The summed E-state index contributed by atoms with van der Waals surface area (Å²) in [5.41, 5.74) is 0. The second kappa shape index (κ2) is 67.4. The van der Waals surface area contributed by atoms with Crippen molar-refractivity contribution in [1.82, 2.24) is 0 Å². The average Bonchev–Trinajstić information content (AvgIpc) is 3.44. The lowest BCUT2D eigenvalue weighted by Gasteiger charge is -2.18. The highest BCUT2D eigenvalue weighted by Crippen LogP contribution is 2.19. The Balaban J connectivity index is 3.87. The van der Waals surface area contributed by atoms with Crippen LogP contribution in [-0.2, 0) is 28.6 Å². The molecule has 0 N–H and O–H groups in total. The molecule has 0 aromatic carbocycles. The van der Waals surface area contributed by atoms with Gasteiger partial charge in [-0.25, -0.2) is 0 Å². The van der Waals surface area contributed by atoms with Gasteiger partial charge in [0, 0.05) is 19.3 Å². The first-order chi connectivity index (χ1) is 38.5. The van der Waals surface area contributed by atoms with Crippen molar-refractivity contribution in [2.75, 3.05) is 13.2 Å². The first-order valence-corrected chi connectivity index (χ1v) is 35.3. The fourth-order valence-corrected chi connectivity index (χ4v) is 10.9. The van der Waals surface area contributed by atoms with Crippen LogP contribution in [0, 0.1) is 0 Å². The Labute approximate surface area is 487 Å². The summed E-state index contributed by atoms with van der Waals surface area (Å²) in [7, 11) is 0. The number of carbonyl (C=O) groups excluding carboxylic acids is 3. The Morgan fingerprint density at radius 2 is 0.462 bits per heavy atom. The van der Waals surface area contributed by atoms with Crippen LogP contribution in [0.4, 0.5) is 0 Å². The first-order valence-electron chi connectivity index (χ1n) is 35.3. The van der Waals surface area contributed by atoms with Gasteiger partial charge in [-0.15, -0.1) is 0 Å². The summed E-state index contributed by atoms with van der Waals surface area (Å²) in [5.74, 6) is -0.863. The van der Waals surface area contributed by atoms with Crippen molar-refractivity contribution >= 4 is 17.9 Å². The quantitative estimate of drug-likeness (QED) is 0.0261. The molecule has 0 bridgehead atoms. The van der Waals surface area contributed by atoms with E-state index >= 15 is 0 Å². The number of unbranched alkanes of at least 4 members (excludes halogenated alkanes) is 51. The van der Waals surface area contributed by atoms with E-state index in [1.165, 1.54) is 289 Å². The van der Waals surface area contributed by atoms with Gasteiger partial charge in [0.25, 0.3) is 0 Å². The zero-order valence-electron chi connectivity index (χ0n) is 53.0. The van der Waals surface area contributed by atoms with E-state index in [9.17, 15) is 14.4 Å². The molecule has 0 saturated carbocycles. The van der Waals surface area contributed by atoms with Gasteiger partial charge in [-0.1, -0.05) is 353 Å². The molecule has 0 fully saturated rings. The predicted molar refractivity (Wildman–Crippen MR) is 340 cm³/mol. The molecule has 0 spiro atoms. The second-order valence-corrected chi connectivity index (χ2v) is 24.2. The van der Waals surface area contributed by atoms with Crippen molar-refractivity contribution in [3.63, 3.8) is 0 Å². The van der Waals surface area contributed by atoms with Gasteiger partial charge < -0.3 is 14.2 Å². The van der Waals surface area contributed by atoms with Crippen molar-refractivity contribution in [3.05, 3.63) is 24.3 Å². The summed E-state index contributed by atoms with van der Waals surface area (Å²) < 4.78 is 16.8. The smallest absolute Gasteiger partial charge is 0.306 e. The van der Waals surface area contributed by atoms with Crippen LogP contribution >= 0.6 is 0 Å². The normalized spacial score (nSPS) is 12.1. The maximum absolute atomic E-state index is 12.8. The van der Waals surface area contributed by atoms with Crippen molar-refractivity contribution in [2.24, 2.45) is 0 Å². The lowest BCUT2D eigenvalue weighted by molar-refractivity contribution is -0.167. The highest BCUT2D eigenvalue weighted by Gasteiger charge is 2.19. The maximum Gasteiger partial charge on any atom is 0.306 e. The third-order valence-corrected chi connectivity index (χ3v) is 16.2. The van der Waals surface area contributed by atoms with Crippen molar-refractivity contribution in [3.8, 4) is 0 Å². The largest absolute Gasteiger partial charge is 0.462 e. The van der Waals surface area contributed by atoms with Crippen LogP contribution in [0.3, 0.4) is 0 Å². The number of hydrogen-bond acceptors (Lipinski definition) is 6. The summed E-state index contributed by atoms with van der Waals surface area (Å²) in [5, 5.41) is 0. The molecule has 0 rings (SSSR count). The van der Waals surface area contributed by atoms with Gasteiger partial charge in [0.05, 0.1) is 0 Å². The van der Waals surface area contributed by atoms with Crippen molar-refractivity contribution in [2.45, 2.75) is 406 Å². The number of allylic oxidation sites excluding steroid dienone is 4. The van der Waals surface area contributed by atoms with Gasteiger partial charge in [0.1, 0.15) is 13.2 Å². The van der Waals surface area contributed by atoms with E-state index in [2.05, 4.69) is 45.1 Å². The molecule has 0 aliphatic heterocycles. The molecular weight excluding hydrogens is 961 g/mol. The molecule has 0 aromatic rings. The van der Waals surface area contributed by atoms with Crippen LogP contribution in [0.1, 0.15) is 400 Å². The van der Waals surface area contributed by atoms with E-state index in [1.807, 2.05) is 0 Å². The minimum Gasteiger partial charge on any atom is -0.462 e. The van der Waals surface area contributed by atoms with Gasteiger partial charge in [0.2, 0.25) is 0 Å². The van der Waals surface area contributed by atoms with Crippen LogP contribution in [0.2, 0.25) is 0 Å². The summed E-state index contributed by atoms with van der Waals surface area (Å²) >= 11 is 0. The molecule has 1 unspecified atom stereocenters. The average molecular weight is 1100 g/mol. The van der Waals surface area contributed by atoms with Gasteiger partial charge in [-0.2, -0.15) is 0 Å². The fraction of sp³-hybridized carbons (Fsp3) is 0.903. The van der Waals surface area contributed by atoms with Gasteiger partial charge in [0.15, 0.2) is 6.10 Å². The molecule has 1 atom stereocenters. The minimum absolute atomic E-state index is 0.0685. The van der Waals surface area contributed by atoms with Gasteiger partial charge in [-0.05, 0) is 51.4 Å². The highest BCUT2D eigenvalue weighted by molar-refractivity contribution is 5.71.